The predicted octanol–water partition coefficient (Wildman–Crippen LogP) is 3.15. The lowest BCUT2D eigenvalue weighted by Gasteiger charge is -2.51. The first-order valence-electron chi connectivity index (χ1n) is 7.74. The molecular formula is C16H30N2. The van der Waals surface area contributed by atoms with E-state index in [1.807, 2.05) is 0 Å². The molecule has 2 aliphatic heterocycles. The highest BCUT2D eigenvalue weighted by atomic mass is 15.3. The van der Waals surface area contributed by atoms with Crippen molar-refractivity contribution in [2.24, 2.45) is 5.92 Å². The van der Waals surface area contributed by atoms with E-state index in [0.717, 1.165) is 24.4 Å². The number of fused-ring (bicyclic) bond motifs is 1. The lowest BCUT2D eigenvalue weighted by atomic mass is 9.90. The first kappa shape index (κ1) is 14.1. The summed E-state index contributed by atoms with van der Waals surface area (Å²) in [6.45, 7) is 14.9. The maximum Gasteiger partial charge on any atom is 0.0249 e. The first-order valence-corrected chi connectivity index (χ1v) is 7.74. The smallest absolute Gasteiger partial charge is 0.0249 e. The van der Waals surface area contributed by atoms with Crippen LogP contribution in [0.2, 0.25) is 0 Å². The van der Waals surface area contributed by atoms with Crippen LogP contribution in [0.4, 0.5) is 0 Å². The predicted molar refractivity (Wildman–Crippen MR) is 78.8 cm³/mol. The maximum atomic E-state index is 3.91. The summed E-state index contributed by atoms with van der Waals surface area (Å²) in [6, 6.07) is 2.20. The van der Waals surface area contributed by atoms with Gasteiger partial charge in [-0.2, -0.15) is 0 Å². The Labute approximate surface area is 113 Å². The number of hydrogen-bond donors (Lipinski definition) is 0. The third-order valence-electron chi connectivity index (χ3n) is 4.86. The normalized spacial score (nSPS) is 32.2. The number of hydrogen-bond acceptors (Lipinski definition) is 2. The summed E-state index contributed by atoms with van der Waals surface area (Å²) in [7, 11) is 0. The topological polar surface area (TPSA) is 6.48 Å². The van der Waals surface area contributed by atoms with Crippen molar-refractivity contribution in [2.45, 2.75) is 64.6 Å². The van der Waals surface area contributed by atoms with E-state index in [4.69, 9.17) is 0 Å². The molecule has 104 valence electrons. The van der Waals surface area contributed by atoms with Crippen LogP contribution in [0.15, 0.2) is 12.7 Å². The Hall–Kier alpha value is -0.340. The molecule has 0 aromatic heterocycles. The zero-order valence-corrected chi connectivity index (χ0v) is 12.4. The van der Waals surface area contributed by atoms with E-state index in [1.165, 1.54) is 38.9 Å². The Bertz CT molecular complexity index is 274. The summed E-state index contributed by atoms with van der Waals surface area (Å²) >= 11 is 0. The van der Waals surface area contributed by atoms with Crippen LogP contribution in [0.1, 0.15) is 46.5 Å². The van der Waals surface area contributed by atoms with Crippen molar-refractivity contribution < 1.29 is 0 Å². The van der Waals surface area contributed by atoms with Gasteiger partial charge in [-0.25, -0.2) is 0 Å². The molecule has 0 N–H and O–H groups in total. The SMILES string of the molecule is C=CCC(C)N1CC2CCCCN2CC1C(C)C. The Kier molecular flexibility index (Phi) is 4.85. The van der Waals surface area contributed by atoms with E-state index in [2.05, 4.69) is 43.2 Å². The van der Waals surface area contributed by atoms with Crippen molar-refractivity contribution in [1.29, 1.82) is 0 Å². The average molecular weight is 250 g/mol. The van der Waals surface area contributed by atoms with Crippen molar-refractivity contribution >= 4 is 0 Å². The molecule has 0 amide bonds. The van der Waals surface area contributed by atoms with Gasteiger partial charge in [0.2, 0.25) is 0 Å². The van der Waals surface area contributed by atoms with Crippen LogP contribution in [0.25, 0.3) is 0 Å². The number of nitrogens with zero attached hydrogens (tertiary/aromatic N) is 2. The van der Waals surface area contributed by atoms with Gasteiger partial charge >= 0.3 is 0 Å². The van der Waals surface area contributed by atoms with E-state index in [0.29, 0.717) is 6.04 Å². The first-order chi connectivity index (χ1) is 8.63. The van der Waals surface area contributed by atoms with Crippen molar-refractivity contribution in [3.63, 3.8) is 0 Å². The Balaban J connectivity index is 2.07. The van der Waals surface area contributed by atoms with Gasteiger partial charge in [-0.3, -0.25) is 9.80 Å². The van der Waals surface area contributed by atoms with E-state index in [-0.39, 0.29) is 0 Å². The quantitative estimate of drug-likeness (QED) is 0.707. The molecule has 3 atom stereocenters. The number of piperazine rings is 1. The fourth-order valence-electron chi connectivity index (χ4n) is 3.71. The standard InChI is InChI=1S/C16H30N2/c1-5-8-14(4)18-11-15-9-6-7-10-17(15)12-16(18)13(2)3/h5,13-16H,1,6-12H2,2-4H3. The van der Waals surface area contributed by atoms with Crippen LogP contribution >= 0.6 is 0 Å². The van der Waals surface area contributed by atoms with Crippen molar-refractivity contribution in [1.82, 2.24) is 9.80 Å². The molecule has 2 aliphatic rings. The Morgan fingerprint density at radius 1 is 1.22 bits per heavy atom. The van der Waals surface area contributed by atoms with E-state index in [1.54, 1.807) is 0 Å². The third-order valence-corrected chi connectivity index (χ3v) is 4.86. The summed E-state index contributed by atoms with van der Waals surface area (Å²) in [5.41, 5.74) is 0. The second-order valence-corrected chi connectivity index (χ2v) is 6.53. The number of piperidine rings is 1. The average Bonchev–Trinajstić information content (AvgIpc) is 2.37. The van der Waals surface area contributed by atoms with Gasteiger partial charge in [0.05, 0.1) is 0 Å². The molecule has 3 unspecified atom stereocenters. The fourth-order valence-corrected chi connectivity index (χ4v) is 3.71. The van der Waals surface area contributed by atoms with Crippen LogP contribution in [0.3, 0.4) is 0 Å². The van der Waals surface area contributed by atoms with Gasteiger partial charge in [-0.15, -0.1) is 6.58 Å². The minimum Gasteiger partial charge on any atom is -0.298 e. The molecule has 0 spiro atoms. The van der Waals surface area contributed by atoms with Gasteiger partial charge in [0.25, 0.3) is 0 Å². The largest absolute Gasteiger partial charge is 0.298 e. The highest BCUT2D eigenvalue weighted by Crippen LogP contribution is 2.29. The minimum absolute atomic E-state index is 0.652. The summed E-state index contributed by atoms with van der Waals surface area (Å²) in [5.74, 6) is 0.750. The second kappa shape index (κ2) is 6.21. The lowest BCUT2D eigenvalue weighted by molar-refractivity contribution is -0.0258. The van der Waals surface area contributed by atoms with Crippen molar-refractivity contribution in [3.8, 4) is 0 Å². The molecule has 2 nitrogen and oxygen atoms in total. The van der Waals surface area contributed by atoms with Gasteiger partial charge in [0, 0.05) is 31.2 Å². The van der Waals surface area contributed by atoms with E-state index < -0.39 is 0 Å². The number of rotatable bonds is 4. The van der Waals surface area contributed by atoms with Crippen LogP contribution in [0.5, 0.6) is 0 Å². The molecule has 0 bridgehead atoms. The molecule has 2 heterocycles. The molecule has 2 heteroatoms. The van der Waals surface area contributed by atoms with Crippen LogP contribution < -0.4 is 0 Å². The molecule has 18 heavy (non-hydrogen) atoms. The minimum atomic E-state index is 0.652. The maximum absolute atomic E-state index is 3.91. The molecular weight excluding hydrogens is 220 g/mol. The third kappa shape index (κ3) is 2.97. The zero-order chi connectivity index (χ0) is 13.1. The molecule has 2 saturated heterocycles. The molecule has 2 rings (SSSR count). The molecule has 0 saturated carbocycles. The highest BCUT2D eigenvalue weighted by Gasteiger charge is 2.37. The second-order valence-electron chi connectivity index (χ2n) is 6.53. The molecule has 0 aliphatic carbocycles. The van der Waals surface area contributed by atoms with Gasteiger partial charge in [-0.05, 0) is 38.6 Å². The highest BCUT2D eigenvalue weighted by molar-refractivity contribution is 4.94. The van der Waals surface area contributed by atoms with Crippen LogP contribution in [0, 0.1) is 5.92 Å². The fraction of sp³-hybridized carbons (Fsp3) is 0.875. The van der Waals surface area contributed by atoms with Gasteiger partial charge in [-0.1, -0.05) is 26.3 Å². The van der Waals surface area contributed by atoms with Crippen LogP contribution in [-0.2, 0) is 0 Å². The summed E-state index contributed by atoms with van der Waals surface area (Å²) in [4.78, 5) is 5.52. The lowest BCUT2D eigenvalue weighted by Crippen LogP contribution is -2.62. The van der Waals surface area contributed by atoms with Gasteiger partial charge in [0.15, 0.2) is 0 Å². The molecule has 0 aromatic carbocycles. The monoisotopic (exact) mass is 250 g/mol. The van der Waals surface area contributed by atoms with Crippen LogP contribution in [-0.4, -0.2) is 47.6 Å². The van der Waals surface area contributed by atoms with Crippen molar-refractivity contribution in [3.05, 3.63) is 12.7 Å². The van der Waals surface area contributed by atoms with E-state index in [9.17, 15) is 0 Å². The summed E-state index contributed by atoms with van der Waals surface area (Å²) in [5, 5.41) is 0. The van der Waals surface area contributed by atoms with Gasteiger partial charge in [0.1, 0.15) is 0 Å². The Morgan fingerprint density at radius 3 is 2.67 bits per heavy atom. The summed E-state index contributed by atoms with van der Waals surface area (Å²) in [6.07, 6.45) is 7.44. The molecule has 2 fully saturated rings. The molecule has 0 aromatic rings. The molecule has 0 radical (unpaired) electrons. The van der Waals surface area contributed by atoms with Gasteiger partial charge < -0.3 is 0 Å². The van der Waals surface area contributed by atoms with Crippen molar-refractivity contribution in [2.75, 3.05) is 19.6 Å². The summed E-state index contributed by atoms with van der Waals surface area (Å²) < 4.78 is 0. The zero-order valence-electron chi connectivity index (χ0n) is 12.4. The van der Waals surface area contributed by atoms with E-state index >= 15 is 0 Å². The Morgan fingerprint density at radius 2 is 2.00 bits per heavy atom.